The lowest BCUT2D eigenvalue weighted by Crippen LogP contribution is -2.39. The van der Waals surface area contributed by atoms with Crippen molar-refractivity contribution in [3.05, 3.63) is 35.7 Å². The van der Waals surface area contributed by atoms with E-state index in [1.807, 2.05) is 24.9 Å². The van der Waals surface area contributed by atoms with Crippen LogP contribution in [0.25, 0.3) is 0 Å². The molecule has 1 fully saturated rings. The third kappa shape index (κ3) is 3.82. The zero-order valence-electron chi connectivity index (χ0n) is 13.1. The van der Waals surface area contributed by atoms with Crippen LogP contribution in [0.5, 0.6) is 0 Å². The lowest BCUT2D eigenvalue weighted by Gasteiger charge is -2.27. The minimum Gasteiger partial charge on any atom is -0.360 e. The summed E-state index contributed by atoms with van der Waals surface area (Å²) in [4.78, 5) is 11.7. The number of hydrogen-bond donors (Lipinski definition) is 0. The smallest absolute Gasteiger partial charge is 0.225 e. The maximum absolute atomic E-state index is 13.9. The van der Waals surface area contributed by atoms with Crippen molar-refractivity contribution in [1.82, 2.24) is 20.0 Å². The molecule has 23 heavy (non-hydrogen) atoms. The highest BCUT2D eigenvalue weighted by Crippen LogP contribution is 2.24. The Morgan fingerprint density at radius 2 is 2.13 bits per heavy atom. The second-order valence-electron chi connectivity index (χ2n) is 5.93. The Bertz CT molecular complexity index is 648. The molecule has 0 amide bonds. The van der Waals surface area contributed by atoms with Crippen molar-refractivity contribution in [1.29, 1.82) is 0 Å². The van der Waals surface area contributed by atoms with E-state index in [9.17, 15) is 8.78 Å². The van der Waals surface area contributed by atoms with E-state index in [4.69, 9.17) is 4.52 Å². The van der Waals surface area contributed by atoms with Crippen molar-refractivity contribution in [2.24, 2.45) is 0 Å². The molecule has 124 valence electrons. The molecule has 1 saturated heterocycles. The second kappa shape index (κ2) is 6.57. The van der Waals surface area contributed by atoms with Gasteiger partial charge in [-0.05, 0) is 13.3 Å². The minimum atomic E-state index is -0.869. The minimum absolute atomic E-state index is 0.00839. The third-order valence-electron chi connectivity index (χ3n) is 3.95. The zero-order chi connectivity index (χ0) is 16.4. The van der Waals surface area contributed by atoms with Crippen molar-refractivity contribution in [2.75, 3.05) is 25.0 Å². The van der Waals surface area contributed by atoms with Crippen LogP contribution in [0.1, 0.15) is 17.9 Å². The second-order valence-corrected chi connectivity index (χ2v) is 5.93. The van der Waals surface area contributed by atoms with Gasteiger partial charge in [-0.25, -0.2) is 18.7 Å². The van der Waals surface area contributed by atoms with Crippen LogP contribution in [0, 0.1) is 12.7 Å². The number of nitrogens with zero attached hydrogens (tertiary/aromatic N) is 5. The van der Waals surface area contributed by atoms with Crippen molar-refractivity contribution in [2.45, 2.75) is 32.1 Å². The lowest BCUT2D eigenvalue weighted by atomic mass is 10.2. The summed E-state index contributed by atoms with van der Waals surface area (Å²) < 4.78 is 32.0. The molecule has 0 N–H and O–H groups in total. The van der Waals surface area contributed by atoms with Crippen LogP contribution >= 0.6 is 0 Å². The fourth-order valence-corrected chi connectivity index (χ4v) is 2.90. The van der Waals surface area contributed by atoms with Crippen LogP contribution in [0.15, 0.2) is 23.0 Å². The number of aromatic nitrogens is 3. The lowest BCUT2D eigenvalue weighted by molar-refractivity contribution is 0.209. The number of alkyl halides is 1. The standard InChI is InChI=1S/C15H19F2N5O/c1-10-3-14(23-20-10)9-22-7-11(16)4-13(22)8-21(2)15-18-5-12(17)6-19-15/h3,5-6,11,13H,4,7-9H2,1-2H3/t11-,13-/m0/s1. The molecule has 0 radical (unpaired) electrons. The molecule has 2 aromatic rings. The van der Waals surface area contributed by atoms with E-state index >= 15 is 0 Å². The van der Waals surface area contributed by atoms with Crippen LogP contribution in [-0.2, 0) is 6.54 Å². The largest absolute Gasteiger partial charge is 0.360 e. The molecule has 0 saturated carbocycles. The van der Waals surface area contributed by atoms with Crippen molar-refractivity contribution >= 4 is 5.95 Å². The monoisotopic (exact) mass is 323 g/mol. The van der Waals surface area contributed by atoms with E-state index in [-0.39, 0.29) is 6.04 Å². The summed E-state index contributed by atoms with van der Waals surface area (Å²) in [6, 6.07) is 1.86. The van der Waals surface area contributed by atoms with Crippen LogP contribution in [0.4, 0.5) is 14.7 Å². The summed E-state index contributed by atoms with van der Waals surface area (Å²) in [7, 11) is 1.82. The first kappa shape index (κ1) is 15.8. The van der Waals surface area contributed by atoms with Crippen molar-refractivity contribution < 1.29 is 13.3 Å². The molecule has 2 aromatic heterocycles. The molecule has 0 spiro atoms. The SMILES string of the molecule is Cc1cc(CN2C[C@@H](F)C[C@H]2CN(C)c2ncc(F)cn2)on1. The number of aryl methyl sites for hydroxylation is 1. The van der Waals surface area contributed by atoms with Gasteiger partial charge >= 0.3 is 0 Å². The molecule has 3 heterocycles. The van der Waals surface area contributed by atoms with Crippen LogP contribution in [-0.4, -0.2) is 52.4 Å². The van der Waals surface area contributed by atoms with E-state index in [1.165, 1.54) is 0 Å². The van der Waals surface area contributed by atoms with E-state index < -0.39 is 12.0 Å². The molecular formula is C15H19F2N5O. The van der Waals surface area contributed by atoms with Gasteiger partial charge in [0.25, 0.3) is 0 Å². The van der Waals surface area contributed by atoms with E-state index in [2.05, 4.69) is 15.1 Å². The number of likely N-dealkylation sites (tertiary alicyclic amines) is 1. The Balaban J connectivity index is 1.65. The van der Waals surface area contributed by atoms with E-state index in [0.29, 0.717) is 32.0 Å². The number of rotatable bonds is 5. The molecule has 3 rings (SSSR count). The highest BCUT2D eigenvalue weighted by Gasteiger charge is 2.33. The number of likely N-dealkylation sites (N-methyl/N-ethyl adjacent to an activating group) is 1. The van der Waals surface area contributed by atoms with Gasteiger partial charge in [-0.15, -0.1) is 0 Å². The third-order valence-corrected chi connectivity index (χ3v) is 3.95. The fraction of sp³-hybridized carbons (Fsp3) is 0.533. The first-order chi connectivity index (χ1) is 11.0. The molecule has 0 aliphatic carbocycles. The first-order valence-corrected chi connectivity index (χ1v) is 7.50. The van der Waals surface area contributed by atoms with Gasteiger partial charge in [0.05, 0.1) is 24.6 Å². The topological polar surface area (TPSA) is 58.3 Å². The van der Waals surface area contributed by atoms with Crippen molar-refractivity contribution in [3.63, 3.8) is 0 Å². The number of anilines is 1. The number of hydrogen-bond acceptors (Lipinski definition) is 6. The molecule has 1 aliphatic heterocycles. The molecule has 0 unspecified atom stereocenters. The summed E-state index contributed by atoms with van der Waals surface area (Å²) in [5.74, 6) is 0.667. The van der Waals surface area contributed by atoms with Gasteiger partial charge < -0.3 is 9.42 Å². The molecule has 6 nitrogen and oxygen atoms in total. The maximum atomic E-state index is 13.9. The summed E-state index contributed by atoms with van der Waals surface area (Å²) in [5.41, 5.74) is 0.810. The summed E-state index contributed by atoms with van der Waals surface area (Å²) in [6.07, 6.45) is 1.83. The average molecular weight is 323 g/mol. The van der Waals surface area contributed by atoms with E-state index in [1.54, 1.807) is 4.90 Å². The van der Waals surface area contributed by atoms with Gasteiger partial charge in [-0.1, -0.05) is 5.16 Å². The van der Waals surface area contributed by atoms with Gasteiger partial charge in [0.1, 0.15) is 6.17 Å². The highest BCUT2D eigenvalue weighted by molar-refractivity contribution is 5.27. The molecule has 0 bridgehead atoms. The Morgan fingerprint density at radius 3 is 2.78 bits per heavy atom. The van der Waals surface area contributed by atoms with Gasteiger partial charge in [0, 0.05) is 32.2 Å². The predicted molar refractivity (Wildman–Crippen MR) is 80.2 cm³/mol. The molecule has 2 atom stereocenters. The van der Waals surface area contributed by atoms with Gasteiger partial charge in [-0.3, -0.25) is 4.90 Å². The summed E-state index contributed by atoms with van der Waals surface area (Å²) in [5, 5.41) is 3.86. The zero-order valence-corrected chi connectivity index (χ0v) is 13.1. The predicted octanol–water partition coefficient (Wildman–Crippen LogP) is 1.96. The van der Waals surface area contributed by atoms with Gasteiger partial charge in [0.2, 0.25) is 5.95 Å². The summed E-state index contributed by atoms with van der Waals surface area (Å²) >= 11 is 0. The Kier molecular flexibility index (Phi) is 4.51. The van der Waals surface area contributed by atoms with Crippen LogP contribution < -0.4 is 4.90 Å². The Morgan fingerprint density at radius 1 is 1.39 bits per heavy atom. The number of halogens is 2. The molecular weight excluding hydrogens is 304 g/mol. The van der Waals surface area contributed by atoms with Gasteiger partial charge in [0.15, 0.2) is 11.6 Å². The molecule has 1 aliphatic rings. The fourth-order valence-electron chi connectivity index (χ4n) is 2.90. The Labute approximate surface area is 133 Å². The first-order valence-electron chi connectivity index (χ1n) is 7.50. The van der Waals surface area contributed by atoms with Crippen LogP contribution in [0.2, 0.25) is 0 Å². The highest BCUT2D eigenvalue weighted by atomic mass is 19.1. The van der Waals surface area contributed by atoms with Crippen molar-refractivity contribution in [3.8, 4) is 0 Å². The van der Waals surface area contributed by atoms with E-state index in [0.717, 1.165) is 23.8 Å². The average Bonchev–Trinajstić information content (AvgIpc) is 3.06. The normalized spacial score (nSPS) is 21.7. The van der Waals surface area contributed by atoms with Crippen LogP contribution in [0.3, 0.4) is 0 Å². The molecule has 0 aromatic carbocycles. The van der Waals surface area contributed by atoms with Gasteiger partial charge in [-0.2, -0.15) is 0 Å². The Hall–Kier alpha value is -2.09. The summed E-state index contributed by atoms with van der Waals surface area (Å²) in [6.45, 7) is 3.29. The quantitative estimate of drug-likeness (QED) is 0.838. The maximum Gasteiger partial charge on any atom is 0.225 e. The molecule has 8 heteroatoms.